The molecule has 0 N–H and O–H groups in total. The van der Waals surface area contributed by atoms with Crippen molar-refractivity contribution in [2.75, 3.05) is 7.11 Å². The van der Waals surface area contributed by atoms with Crippen LogP contribution >= 0.6 is 0 Å². The number of methoxy groups -OCH3 is 1. The summed E-state index contributed by atoms with van der Waals surface area (Å²) in [5.74, 6) is 0.857. The topological polar surface area (TPSA) is 26.3 Å². The first-order valence-corrected chi connectivity index (χ1v) is 5.20. The third kappa shape index (κ3) is 6.90. The first-order chi connectivity index (χ1) is 8.15. The molecule has 0 saturated carbocycles. The number of ketones is 1. The Morgan fingerprint density at radius 3 is 2.06 bits per heavy atom. The predicted octanol–water partition coefficient (Wildman–Crippen LogP) is 3.78. The number of hydrogen-bond acceptors (Lipinski definition) is 2. The fourth-order valence-corrected chi connectivity index (χ4v) is 1.01. The Morgan fingerprint density at radius 1 is 1.24 bits per heavy atom. The van der Waals surface area contributed by atoms with Crippen LogP contribution in [-0.4, -0.2) is 12.9 Å². The van der Waals surface area contributed by atoms with E-state index >= 15 is 0 Å². The highest BCUT2D eigenvalue weighted by molar-refractivity contribution is 5.93. The Bertz CT molecular complexity index is 389. The zero-order valence-electron chi connectivity index (χ0n) is 10.3. The second-order valence-electron chi connectivity index (χ2n) is 3.14. The molecule has 0 unspecified atom stereocenters. The van der Waals surface area contributed by atoms with Crippen molar-refractivity contribution in [3.8, 4) is 0 Å². The summed E-state index contributed by atoms with van der Waals surface area (Å²) in [4.78, 5) is 10.6. The lowest BCUT2D eigenvalue weighted by molar-refractivity contribution is 0.101. The molecular formula is C15H18O2. The van der Waals surface area contributed by atoms with Crippen LogP contribution in [0.15, 0.2) is 67.5 Å². The van der Waals surface area contributed by atoms with E-state index in [0.29, 0.717) is 0 Å². The summed E-state index contributed by atoms with van der Waals surface area (Å²) in [6.07, 6.45) is 5.02. The van der Waals surface area contributed by atoms with Gasteiger partial charge >= 0.3 is 0 Å². The molecular weight excluding hydrogens is 212 g/mol. The Kier molecular flexibility index (Phi) is 8.03. The highest BCUT2D eigenvalue weighted by Crippen LogP contribution is 1.97. The summed E-state index contributed by atoms with van der Waals surface area (Å²) in [5.41, 5.74) is 0.775. The smallest absolute Gasteiger partial charge is 0.159 e. The lowest BCUT2D eigenvalue weighted by Crippen LogP contribution is -1.88. The zero-order chi connectivity index (χ0) is 13.1. The number of rotatable bonds is 4. The fraction of sp³-hybridized carbons (Fsp3) is 0.133. The van der Waals surface area contributed by atoms with Gasteiger partial charge in [0.25, 0.3) is 0 Å². The normalized spacial score (nSPS) is 9.65. The Morgan fingerprint density at radius 2 is 1.82 bits per heavy atom. The van der Waals surface area contributed by atoms with Crippen LogP contribution in [-0.2, 0) is 4.74 Å². The highest BCUT2D eigenvalue weighted by Gasteiger charge is 1.92. The van der Waals surface area contributed by atoms with E-state index in [1.165, 1.54) is 0 Å². The molecule has 0 saturated heterocycles. The van der Waals surface area contributed by atoms with E-state index in [1.807, 2.05) is 30.3 Å². The second kappa shape index (κ2) is 9.16. The van der Waals surface area contributed by atoms with E-state index in [2.05, 4.69) is 13.2 Å². The van der Waals surface area contributed by atoms with Gasteiger partial charge in [0, 0.05) is 5.56 Å². The first-order valence-electron chi connectivity index (χ1n) is 5.20. The minimum atomic E-state index is 0.121. The van der Waals surface area contributed by atoms with Gasteiger partial charge in [0.05, 0.1) is 7.11 Å². The lowest BCUT2D eigenvalue weighted by Gasteiger charge is -1.94. The van der Waals surface area contributed by atoms with Crippen LogP contribution in [0.4, 0.5) is 0 Å². The molecule has 0 radical (unpaired) electrons. The molecule has 90 valence electrons. The Balaban J connectivity index is 0.000000304. The van der Waals surface area contributed by atoms with Gasteiger partial charge in [-0.3, -0.25) is 4.79 Å². The molecule has 0 bridgehead atoms. The van der Waals surface area contributed by atoms with Crippen LogP contribution in [0, 0.1) is 0 Å². The van der Waals surface area contributed by atoms with Gasteiger partial charge in [0.1, 0.15) is 5.76 Å². The summed E-state index contributed by atoms with van der Waals surface area (Å²) in [7, 11) is 1.59. The molecule has 0 fully saturated rings. The van der Waals surface area contributed by atoms with Crippen molar-refractivity contribution in [1.29, 1.82) is 0 Å². The first kappa shape index (κ1) is 14.9. The van der Waals surface area contributed by atoms with Gasteiger partial charge in [-0.1, -0.05) is 49.6 Å². The lowest BCUT2D eigenvalue weighted by atomic mass is 10.2. The molecule has 0 spiro atoms. The van der Waals surface area contributed by atoms with Gasteiger partial charge in [0.15, 0.2) is 5.78 Å². The summed E-state index contributed by atoms with van der Waals surface area (Å²) in [6, 6.07) is 9.23. The number of carbonyl (C=O) groups is 1. The van der Waals surface area contributed by atoms with E-state index in [0.717, 1.165) is 11.3 Å². The van der Waals surface area contributed by atoms with Gasteiger partial charge in [-0.25, -0.2) is 0 Å². The molecule has 0 heterocycles. The summed E-state index contributed by atoms with van der Waals surface area (Å²) in [5, 5.41) is 0. The standard InChI is InChI=1S/C8H8O.C7H10O/c1-7(9)8-5-3-2-4-6-8;1-4-6-7(5-2)8-3/h2-6H,1H3;4-6H,1-2H2,3H3/b;7-6+. The average molecular weight is 230 g/mol. The maximum absolute atomic E-state index is 10.6. The molecule has 0 aliphatic carbocycles. The van der Waals surface area contributed by atoms with Gasteiger partial charge in [-0.05, 0) is 19.1 Å². The van der Waals surface area contributed by atoms with E-state index < -0.39 is 0 Å². The van der Waals surface area contributed by atoms with Crippen molar-refractivity contribution in [2.24, 2.45) is 0 Å². The average Bonchev–Trinajstić information content (AvgIpc) is 2.37. The summed E-state index contributed by atoms with van der Waals surface area (Å²) in [6.45, 7) is 8.57. The molecule has 1 aromatic rings. The molecule has 2 nitrogen and oxygen atoms in total. The molecule has 0 aromatic heterocycles. The second-order valence-corrected chi connectivity index (χ2v) is 3.14. The third-order valence-electron chi connectivity index (χ3n) is 1.90. The fourth-order valence-electron chi connectivity index (χ4n) is 1.01. The molecule has 1 rings (SSSR count). The predicted molar refractivity (Wildman–Crippen MR) is 71.9 cm³/mol. The highest BCUT2D eigenvalue weighted by atomic mass is 16.5. The van der Waals surface area contributed by atoms with Crippen molar-refractivity contribution in [3.63, 3.8) is 0 Å². The maximum Gasteiger partial charge on any atom is 0.159 e. The van der Waals surface area contributed by atoms with E-state index in [9.17, 15) is 4.79 Å². The van der Waals surface area contributed by atoms with Gasteiger partial charge < -0.3 is 4.74 Å². The monoisotopic (exact) mass is 230 g/mol. The molecule has 2 heteroatoms. The summed E-state index contributed by atoms with van der Waals surface area (Å²) >= 11 is 0. The van der Waals surface area contributed by atoms with Gasteiger partial charge in [0.2, 0.25) is 0 Å². The Hall–Kier alpha value is -2.09. The quantitative estimate of drug-likeness (QED) is 0.447. The van der Waals surface area contributed by atoms with Crippen molar-refractivity contribution >= 4 is 5.78 Å². The van der Waals surface area contributed by atoms with E-state index in [-0.39, 0.29) is 5.78 Å². The number of Topliss-reactive ketones (excluding diaryl/α,β-unsaturated/α-hetero) is 1. The van der Waals surface area contributed by atoms with Crippen LogP contribution in [0.2, 0.25) is 0 Å². The van der Waals surface area contributed by atoms with Gasteiger partial charge in [-0.2, -0.15) is 0 Å². The number of ether oxygens (including phenoxy) is 1. The number of carbonyl (C=O) groups excluding carboxylic acids is 1. The molecule has 1 aromatic carbocycles. The van der Waals surface area contributed by atoms with E-state index in [4.69, 9.17) is 4.74 Å². The van der Waals surface area contributed by atoms with Crippen LogP contribution < -0.4 is 0 Å². The molecule has 0 atom stereocenters. The van der Waals surface area contributed by atoms with Crippen molar-refractivity contribution in [2.45, 2.75) is 6.92 Å². The van der Waals surface area contributed by atoms with Crippen LogP contribution in [0.25, 0.3) is 0 Å². The minimum Gasteiger partial charge on any atom is -0.497 e. The van der Waals surface area contributed by atoms with Crippen molar-refractivity contribution in [1.82, 2.24) is 0 Å². The van der Waals surface area contributed by atoms with Crippen LogP contribution in [0.1, 0.15) is 17.3 Å². The van der Waals surface area contributed by atoms with Crippen LogP contribution in [0.3, 0.4) is 0 Å². The SMILES string of the molecule is C=C/C=C(\C=C)OC.CC(=O)c1ccccc1. The molecule has 17 heavy (non-hydrogen) atoms. The minimum absolute atomic E-state index is 0.121. The maximum atomic E-state index is 10.6. The Labute approximate surface area is 103 Å². The third-order valence-corrected chi connectivity index (χ3v) is 1.90. The summed E-state index contributed by atoms with van der Waals surface area (Å²) < 4.78 is 4.81. The number of hydrogen-bond donors (Lipinski definition) is 0. The van der Waals surface area contributed by atoms with Crippen molar-refractivity contribution < 1.29 is 9.53 Å². The molecule has 0 aliphatic heterocycles. The number of benzene rings is 1. The van der Waals surface area contributed by atoms with E-state index in [1.54, 1.807) is 32.3 Å². The molecule has 0 amide bonds. The zero-order valence-corrected chi connectivity index (χ0v) is 10.3. The number of allylic oxidation sites excluding steroid dienone is 3. The van der Waals surface area contributed by atoms with Crippen molar-refractivity contribution in [3.05, 3.63) is 73.0 Å². The molecule has 0 aliphatic rings. The van der Waals surface area contributed by atoms with Crippen LogP contribution in [0.5, 0.6) is 0 Å². The van der Waals surface area contributed by atoms with Gasteiger partial charge in [-0.15, -0.1) is 0 Å². The largest absolute Gasteiger partial charge is 0.497 e.